The standard InChI is InChI=1S/C20H22ClN5O3S/c1-12(16-9-14-3-2-4-17(21)18(14)25-19(16)27)23-20-22-8-7-15(24-20)11-26(30(28)29)10-13-5-6-13/h2-4,7-9,12-13,30H,5-6,10-11H2,1H3,(H,25,27)(H,22,23,24)/t12-/m0/s1. The molecule has 158 valence electrons. The van der Waals surface area contributed by atoms with E-state index in [1.807, 2.05) is 19.1 Å². The molecule has 0 aliphatic heterocycles. The second kappa shape index (κ2) is 8.71. The molecule has 0 amide bonds. The van der Waals surface area contributed by atoms with E-state index in [-0.39, 0.29) is 18.1 Å². The van der Waals surface area contributed by atoms with Gasteiger partial charge in [-0.15, -0.1) is 0 Å². The molecule has 10 heteroatoms. The van der Waals surface area contributed by atoms with Crippen LogP contribution < -0.4 is 10.9 Å². The number of rotatable bonds is 8. The number of aromatic nitrogens is 3. The Hall–Kier alpha value is -2.49. The smallest absolute Gasteiger partial charge is 0.253 e. The van der Waals surface area contributed by atoms with Gasteiger partial charge in [0.1, 0.15) is 0 Å². The highest BCUT2D eigenvalue weighted by Crippen LogP contribution is 2.30. The van der Waals surface area contributed by atoms with E-state index in [1.165, 1.54) is 4.31 Å². The minimum Gasteiger partial charge on any atom is -0.347 e. The lowest BCUT2D eigenvalue weighted by atomic mass is 10.1. The number of anilines is 1. The average Bonchev–Trinajstić information content (AvgIpc) is 3.52. The van der Waals surface area contributed by atoms with Crippen LogP contribution in [0.4, 0.5) is 5.95 Å². The van der Waals surface area contributed by atoms with Crippen LogP contribution in [0.25, 0.3) is 10.9 Å². The van der Waals surface area contributed by atoms with Crippen LogP contribution in [0, 0.1) is 5.92 Å². The SMILES string of the molecule is C[C@H](Nc1nccc(CN(CC2CC2)[SH](=O)=O)n1)c1cc2cccc(Cl)c2[nH]c1=O. The number of benzene rings is 1. The number of fused-ring (bicyclic) bond motifs is 1. The minimum absolute atomic E-state index is 0.204. The Morgan fingerprint density at radius 1 is 1.33 bits per heavy atom. The Morgan fingerprint density at radius 3 is 2.87 bits per heavy atom. The van der Waals surface area contributed by atoms with Gasteiger partial charge < -0.3 is 10.3 Å². The molecule has 1 aromatic carbocycles. The topological polar surface area (TPSA) is 108 Å². The van der Waals surface area contributed by atoms with Gasteiger partial charge in [-0.2, -0.15) is 4.31 Å². The van der Waals surface area contributed by atoms with Crippen LogP contribution in [-0.4, -0.2) is 34.2 Å². The van der Waals surface area contributed by atoms with Crippen molar-refractivity contribution in [3.63, 3.8) is 0 Å². The molecule has 2 heterocycles. The summed E-state index contributed by atoms with van der Waals surface area (Å²) in [5, 5.41) is 4.45. The van der Waals surface area contributed by atoms with Gasteiger partial charge in [-0.25, -0.2) is 18.4 Å². The first-order chi connectivity index (χ1) is 14.4. The van der Waals surface area contributed by atoms with Gasteiger partial charge in [-0.3, -0.25) is 4.79 Å². The number of aromatic amines is 1. The molecule has 2 aromatic heterocycles. The summed E-state index contributed by atoms with van der Waals surface area (Å²) in [5.41, 5.74) is 1.47. The van der Waals surface area contributed by atoms with Crippen molar-refractivity contribution in [1.82, 2.24) is 19.3 Å². The second-order valence-electron chi connectivity index (χ2n) is 7.52. The number of pyridine rings is 1. The third kappa shape index (κ3) is 4.80. The van der Waals surface area contributed by atoms with E-state index in [4.69, 9.17) is 11.6 Å². The number of halogens is 1. The van der Waals surface area contributed by atoms with Crippen LogP contribution in [0.5, 0.6) is 0 Å². The Morgan fingerprint density at radius 2 is 2.13 bits per heavy atom. The number of nitrogens with one attached hydrogen (secondary N) is 2. The largest absolute Gasteiger partial charge is 0.347 e. The maximum Gasteiger partial charge on any atom is 0.253 e. The molecule has 1 fully saturated rings. The zero-order chi connectivity index (χ0) is 21.3. The molecule has 30 heavy (non-hydrogen) atoms. The van der Waals surface area contributed by atoms with Gasteiger partial charge in [0.15, 0.2) is 0 Å². The summed E-state index contributed by atoms with van der Waals surface area (Å²) in [4.78, 5) is 24.0. The zero-order valence-corrected chi connectivity index (χ0v) is 18.0. The summed E-state index contributed by atoms with van der Waals surface area (Å²) < 4.78 is 24.5. The molecule has 0 radical (unpaired) electrons. The van der Waals surface area contributed by atoms with Gasteiger partial charge in [-0.1, -0.05) is 23.7 Å². The highest BCUT2D eigenvalue weighted by Gasteiger charge is 2.25. The molecular formula is C20H22ClN5O3S. The van der Waals surface area contributed by atoms with E-state index >= 15 is 0 Å². The van der Waals surface area contributed by atoms with Crippen LogP contribution >= 0.6 is 11.6 Å². The molecular weight excluding hydrogens is 426 g/mol. The molecule has 1 aliphatic carbocycles. The first-order valence-corrected chi connectivity index (χ1v) is 11.2. The van der Waals surface area contributed by atoms with Crippen LogP contribution in [-0.2, 0) is 17.4 Å². The van der Waals surface area contributed by atoms with Gasteiger partial charge in [0.05, 0.1) is 28.8 Å². The van der Waals surface area contributed by atoms with E-state index < -0.39 is 10.9 Å². The molecule has 0 spiro atoms. The number of hydrogen-bond acceptors (Lipinski definition) is 6. The van der Waals surface area contributed by atoms with Crippen molar-refractivity contribution in [3.05, 3.63) is 63.2 Å². The Labute approximate surface area is 180 Å². The maximum absolute atomic E-state index is 12.5. The minimum atomic E-state index is -2.67. The molecule has 4 rings (SSSR count). The first kappa shape index (κ1) is 20.8. The van der Waals surface area contributed by atoms with Gasteiger partial charge in [-0.05, 0) is 43.9 Å². The van der Waals surface area contributed by atoms with Crippen molar-refractivity contribution in [2.75, 3.05) is 11.9 Å². The molecule has 8 nitrogen and oxygen atoms in total. The van der Waals surface area contributed by atoms with Crippen LogP contribution in [0.1, 0.15) is 37.1 Å². The predicted molar refractivity (Wildman–Crippen MR) is 117 cm³/mol. The van der Waals surface area contributed by atoms with E-state index in [9.17, 15) is 13.2 Å². The predicted octanol–water partition coefficient (Wildman–Crippen LogP) is 2.88. The quantitative estimate of drug-likeness (QED) is 0.458. The van der Waals surface area contributed by atoms with Crippen molar-refractivity contribution in [1.29, 1.82) is 0 Å². The van der Waals surface area contributed by atoms with Crippen LogP contribution in [0.15, 0.2) is 41.3 Å². The molecule has 1 aliphatic rings. The molecule has 0 saturated heterocycles. The lowest BCUT2D eigenvalue weighted by Gasteiger charge is -2.17. The maximum atomic E-state index is 12.5. The number of H-pyrrole nitrogens is 1. The third-order valence-electron chi connectivity index (χ3n) is 5.12. The van der Waals surface area contributed by atoms with E-state index in [0.29, 0.717) is 40.2 Å². The highest BCUT2D eigenvalue weighted by molar-refractivity contribution is 7.69. The van der Waals surface area contributed by atoms with Crippen molar-refractivity contribution in [2.45, 2.75) is 32.4 Å². The zero-order valence-electron chi connectivity index (χ0n) is 16.3. The van der Waals surface area contributed by atoms with Crippen molar-refractivity contribution in [2.24, 2.45) is 5.92 Å². The van der Waals surface area contributed by atoms with E-state index in [0.717, 1.165) is 18.2 Å². The Balaban J connectivity index is 1.53. The Bertz CT molecular complexity index is 1200. The van der Waals surface area contributed by atoms with E-state index in [2.05, 4.69) is 20.3 Å². The number of para-hydroxylation sites is 1. The fraction of sp³-hybridized carbons (Fsp3) is 0.350. The summed E-state index contributed by atoms with van der Waals surface area (Å²) >= 11 is 6.15. The average molecular weight is 448 g/mol. The van der Waals surface area contributed by atoms with Crippen molar-refractivity contribution in [3.8, 4) is 0 Å². The summed E-state index contributed by atoms with van der Waals surface area (Å²) in [6.45, 7) is 2.57. The normalized spacial score (nSPS) is 15.1. The molecule has 2 N–H and O–H groups in total. The highest BCUT2D eigenvalue weighted by atomic mass is 35.5. The number of hydrogen-bond donors (Lipinski definition) is 3. The molecule has 1 saturated carbocycles. The monoisotopic (exact) mass is 447 g/mol. The van der Waals surface area contributed by atoms with Gasteiger partial charge >= 0.3 is 0 Å². The van der Waals surface area contributed by atoms with Crippen LogP contribution in [0.2, 0.25) is 5.02 Å². The number of thiol groups is 1. The summed E-state index contributed by atoms with van der Waals surface area (Å²) in [6, 6.07) is 8.55. The summed E-state index contributed by atoms with van der Waals surface area (Å²) in [7, 11) is -2.67. The number of nitrogens with zero attached hydrogens (tertiary/aromatic N) is 3. The van der Waals surface area contributed by atoms with Gasteiger partial charge in [0, 0.05) is 23.7 Å². The Kier molecular flexibility index (Phi) is 6.03. The first-order valence-electron chi connectivity index (χ1n) is 9.70. The summed E-state index contributed by atoms with van der Waals surface area (Å²) in [6.07, 6.45) is 3.72. The van der Waals surface area contributed by atoms with Crippen molar-refractivity contribution >= 4 is 39.3 Å². The molecule has 0 bridgehead atoms. The van der Waals surface area contributed by atoms with Crippen molar-refractivity contribution < 1.29 is 8.42 Å². The summed E-state index contributed by atoms with van der Waals surface area (Å²) in [5.74, 6) is 0.781. The lowest BCUT2D eigenvalue weighted by Crippen LogP contribution is -2.25. The van der Waals surface area contributed by atoms with E-state index in [1.54, 1.807) is 24.4 Å². The van der Waals surface area contributed by atoms with Gasteiger partial charge in [0.2, 0.25) is 16.8 Å². The second-order valence-corrected chi connectivity index (χ2v) is 8.97. The fourth-order valence-electron chi connectivity index (χ4n) is 3.33. The van der Waals surface area contributed by atoms with Gasteiger partial charge in [0.25, 0.3) is 5.56 Å². The third-order valence-corrected chi connectivity index (χ3v) is 6.21. The molecule has 0 unspecified atom stereocenters. The molecule has 1 atom stereocenters. The van der Waals surface area contributed by atoms with Crippen LogP contribution in [0.3, 0.4) is 0 Å². The molecule has 3 aromatic rings. The fourth-order valence-corrected chi connectivity index (χ4v) is 4.19. The lowest BCUT2D eigenvalue weighted by molar-refractivity contribution is 0.400.